The molecular formula is H9Ca2NO10P2. The van der Waals surface area contributed by atoms with Crippen LogP contribution in [-0.4, -0.2) is 105 Å². The SMILES string of the molecule is O=P(O)(O)O.O=[N+]([O-])OP(=O)(O)O.[CaH2].[CaH2]. The topological polar surface area (TPSA) is 188 Å². The van der Waals surface area contributed by atoms with E-state index in [1.54, 1.807) is 0 Å². The van der Waals surface area contributed by atoms with Crippen molar-refractivity contribution in [3.8, 4) is 0 Å². The minimum absolute atomic E-state index is 0. The normalized spacial score (nSPS) is 9.67. The van der Waals surface area contributed by atoms with Crippen LogP contribution in [0.1, 0.15) is 0 Å². The van der Waals surface area contributed by atoms with Crippen molar-refractivity contribution < 1.29 is 43.3 Å². The van der Waals surface area contributed by atoms with Crippen LogP contribution >= 0.6 is 15.6 Å². The van der Waals surface area contributed by atoms with Gasteiger partial charge in [-0.25, -0.2) is 9.13 Å². The molecule has 88 valence electrons. The number of rotatable bonds is 2. The summed E-state index contributed by atoms with van der Waals surface area (Å²) in [6.07, 6.45) is 0. The number of hydrogen-bond acceptors (Lipinski definition) is 5. The number of hydrogen-bond donors (Lipinski definition) is 5. The molecule has 0 bridgehead atoms. The van der Waals surface area contributed by atoms with Crippen LogP contribution in [0.4, 0.5) is 0 Å². The third-order valence-corrected chi connectivity index (χ3v) is 0.519. The Hall–Kier alpha value is 1.98. The third-order valence-electron chi connectivity index (χ3n) is 0.173. The summed E-state index contributed by atoms with van der Waals surface area (Å²) in [7, 11) is -9.56. The van der Waals surface area contributed by atoms with Gasteiger partial charge in [-0.15, -0.1) is 10.1 Å². The van der Waals surface area contributed by atoms with Gasteiger partial charge in [-0.05, 0) is 0 Å². The van der Waals surface area contributed by atoms with Crippen LogP contribution in [0.3, 0.4) is 0 Å². The first-order valence-corrected chi connectivity index (χ1v) is 5.19. The molecule has 0 saturated carbocycles. The molecule has 0 aliphatic rings. The average molecular weight is 325 g/mol. The second-order valence-corrected chi connectivity index (χ2v) is 3.48. The molecule has 0 aromatic rings. The summed E-state index contributed by atoms with van der Waals surface area (Å²) in [5.74, 6) is 0. The van der Waals surface area contributed by atoms with Gasteiger partial charge in [0.15, 0.2) is 0 Å². The second kappa shape index (κ2) is 11.1. The van der Waals surface area contributed by atoms with Crippen molar-refractivity contribution in [3.63, 3.8) is 0 Å². The van der Waals surface area contributed by atoms with Crippen molar-refractivity contribution in [2.24, 2.45) is 0 Å². The van der Waals surface area contributed by atoms with Gasteiger partial charge < -0.3 is 24.5 Å². The van der Waals surface area contributed by atoms with Gasteiger partial charge in [0.25, 0.3) is 0 Å². The molecule has 0 saturated heterocycles. The molecule has 0 radical (unpaired) electrons. The van der Waals surface area contributed by atoms with Crippen molar-refractivity contribution in [2.45, 2.75) is 0 Å². The van der Waals surface area contributed by atoms with Crippen LogP contribution in [-0.2, 0) is 13.8 Å². The molecule has 0 aromatic heterocycles. The van der Waals surface area contributed by atoms with Gasteiger partial charge >= 0.3 is 96.2 Å². The van der Waals surface area contributed by atoms with E-state index in [1.165, 1.54) is 0 Å². The van der Waals surface area contributed by atoms with Crippen LogP contribution < -0.4 is 0 Å². The third kappa shape index (κ3) is 64.1. The van der Waals surface area contributed by atoms with Crippen LogP contribution in [0.25, 0.3) is 0 Å². The quantitative estimate of drug-likeness (QED) is 0.148. The van der Waals surface area contributed by atoms with E-state index in [1.807, 2.05) is 0 Å². The monoisotopic (exact) mass is 325 g/mol. The fraction of sp³-hybridized carbons (Fsp3) is 0. The minimum atomic E-state index is -4.92. The Morgan fingerprint density at radius 2 is 1.20 bits per heavy atom. The maximum absolute atomic E-state index is 9.47. The summed E-state index contributed by atoms with van der Waals surface area (Å²) >= 11 is 0. The first-order chi connectivity index (χ1) is 5.42. The molecule has 0 aliphatic carbocycles. The van der Waals surface area contributed by atoms with Gasteiger partial charge in [0.05, 0.1) is 0 Å². The molecule has 0 rings (SSSR count). The molecule has 0 fully saturated rings. The first-order valence-electron chi connectivity index (χ1n) is 2.10. The molecule has 11 nitrogen and oxygen atoms in total. The van der Waals surface area contributed by atoms with Crippen LogP contribution in [0.2, 0.25) is 0 Å². The number of nitrogens with zero attached hydrogens (tertiary/aromatic N) is 1. The molecule has 5 N–H and O–H groups in total. The zero-order chi connectivity index (χ0) is 11.3. The number of phosphoric acid groups is 2. The van der Waals surface area contributed by atoms with Crippen molar-refractivity contribution in [1.82, 2.24) is 0 Å². The van der Waals surface area contributed by atoms with Crippen LogP contribution in [0.15, 0.2) is 0 Å². The van der Waals surface area contributed by atoms with E-state index in [9.17, 15) is 4.57 Å². The van der Waals surface area contributed by atoms with E-state index in [0.717, 1.165) is 0 Å². The predicted molar refractivity (Wildman–Crippen MR) is 51.5 cm³/mol. The Balaban J connectivity index is -0.0000000770. The Morgan fingerprint density at radius 3 is 1.20 bits per heavy atom. The van der Waals surface area contributed by atoms with Crippen LogP contribution in [0, 0.1) is 10.1 Å². The van der Waals surface area contributed by atoms with E-state index in [4.69, 9.17) is 39.1 Å². The summed E-state index contributed by atoms with van der Waals surface area (Å²) in [5.41, 5.74) is 0. The zero-order valence-corrected chi connectivity index (χ0v) is 7.41. The predicted octanol–water partition coefficient (Wildman–Crippen LogP) is -3.47. The molecule has 0 atom stereocenters. The van der Waals surface area contributed by atoms with Crippen molar-refractivity contribution in [1.29, 1.82) is 0 Å². The van der Waals surface area contributed by atoms with E-state index < -0.39 is 20.7 Å². The molecule has 0 amide bonds. The Labute approximate surface area is 142 Å². The van der Waals surface area contributed by atoms with Crippen LogP contribution in [0.5, 0.6) is 0 Å². The first kappa shape index (κ1) is 25.7. The maximum atomic E-state index is 9.47. The fourth-order valence-electron chi connectivity index (χ4n) is 0.0868. The molecular weight excluding hydrogens is 316 g/mol. The summed E-state index contributed by atoms with van der Waals surface area (Å²) < 4.78 is 21.2. The van der Waals surface area contributed by atoms with Gasteiger partial charge in [-0.1, -0.05) is 0 Å². The Bertz CT molecular complexity index is 242. The van der Waals surface area contributed by atoms with Gasteiger partial charge in [0.2, 0.25) is 0 Å². The summed E-state index contributed by atoms with van der Waals surface area (Å²) in [4.78, 5) is 45.9. The molecule has 15 heteroatoms. The summed E-state index contributed by atoms with van der Waals surface area (Å²) in [6, 6.07) is 0. The average Bonchev–Trinajstić information content (AvgIpc) is 1.47. The van der Waals surface area contributed by atoms with Gasteiger partial charge in [0, 0.05) is 0 Å². The van der Waals surface area contributed by atoms with Crippen molar-refractivity contribution >= 4 is 91.1 Å². The molecule has 0 heterocycles. The molecule has 0 aromatic carbocycles. The van der Waals surface area contributed by atoms with E-state index in [0.29, 0.717) is 0 Å². The molecule has 0 unspecified atom stereocenters. The van der Waals surface area contributed by atoms with E-state index >= 15 is 0 Å². The van der Waals surface area contributed by atoms with E-state index in [2.05, 4.69) is 4.62 Å². The van der Waals surface area contributed by atoms with Gasteiger partial charge in [-0.3, -0.25) is 0 Å². The van der Waals surface area contributed by atoms with Crippen molar-refractivity contribution in [2.75, 3.05) is 0 Å². The fourth-order valence-corrected chi connectivity index (χ4v) is 0.261. The Kier molecular flexibility index (Phi) is 19.0. The summed E-state index contributed by atoms with van der Waals surface area (Å²) in [6.45, 7) is 0. The Morgan fingerprint density at radius 1 is 1.00 bits per heavy atom. The molecule has 15 heavy (non-hydrogen) atoms. The van der Waals surface area contributed by atoms with E-state index in [-0.39, 0.29) is 75.5 Å². The second-order valence-electron chi connectivity index (χ2n) is 1.31. The summed E-state index contributed by atoms with van der Waals surface area (Å²) in [5, 5.41) is 7.55. The zero-order valence-electron chi connectivity index (χ0n) is 5.62. The molecule has 0 spiro atoms. The van der Waals surface area contributed by atoms with Gasteiger partial charge in [-0.2, -0.15) is 4.62 Å². The standard InChI is InChI=1S/2Ca.H2NO6P.H3O4P.4H/c;;2-1(3)7-8(4,5)6;1-5(2,3)4;;;;/h;;(H2,4,5,6);(H3,1,2,3,4);;;;. The van der Waals surface area contributed by atoms with Crippen molar-refractivity contribution in [3.05, 3.63) is 10.1 Å². The van der Waals surface area contributed by atoms with Gasteiger partial charge in [0.1, 0.15) is 0 Å². The molecule has 0 aliphatic heterocycles.